The van der Waals surface area contributed by atoms with Crippen LogP contribution in [0, 0.1) is 0 Å². The van der Waals surface area contributed by atoms with Crippen LogP contribution in [0.5, 0.6) is 0 Å². The summed E-state index contributed by atoms with van der Waals surface area (Å²) in [4.78, 5) is 5.74. The minimum atomic E-state index is 0.357. The van der Waals surface area contributed by atoms with E-state index in [1.54, 1.807) is 11.3 Å². The Balaban J connectivity index is 2.15. The average molecular weight is 281 g/mol. The van der Waals surface area contributed by atoms with Gasteiger partial charge in [-0.25, -0.2) is 4.98 Å². The van der Waals surface area contributed by atoms with Crippen molar-refractivity contribution in [2.75, 3.05) is 6.54 Å². The molecule has 0 spiro atoms. The van der Waals surface area contributed by atoms with Crippen molar-refractivity contribution in [2.24, 2.45) is 0 Å². The summed E-state index contributed by atoms with van der Waals surface area (Å²) in [6, 6.07) is 8.19. The molecule has 1 aromatic carbocycles. The minimum absolute atomic E-state index is 0.357. The summed E-state index contributed by atoms with van der Waals surface area (Å²) in [6.45, 7) is 5.38. The number of hydrogen-bond donors (Lipinski definition) is 1. The summed E-state index contributed by atoms with van der Waals surface area (Å²) in [7, 11) is 0. The second kappa shape index (κ2) is 6.32. The Morgan fingerprint density at radius 3 is 3.00 bits per heavy atom. The van der Waals surface area contributed by atoms with Gasteiger partial charge in [-0.1, -0.05) is 30.7 Å². The highest BCUT2D eigenvalue weighted by Gasteiger charge is 2.10. The molecule has 0 saturated carbocycles. The lowest BCUT2D eigenvalue weighted by Crippen LogP contribution is -2.18. The van der Waals surface area contributed by atoms with Gasteiger partial charge in [-0.3, -0.25) is 0 Å². The fourth-order valence-corrected chi connectivity index (χ4v) is 2.83. The van der Waals surface area contributed by atoms with E-state index in [1.165, 1.54) is 4.88 Å². The molecule has 0 radical (unpaired) electrons. The van der Waals surface area contributed by atoms with Gasteiger partial charge in [0.15, 0.2) is 0 Å². The molecule has 0 saturated heterocycles. The van der Waals surface area contributed by atoms with E-state index in [9.17, 15) is 0 Å². The Morgan fingerprint density at radius 1 is 1.44 bits per heavy atom. The number of nitrogens with zero attached hydrogens (tertiary/aromatic N) is 1. The van der Waals surface area contributed by atoms with Gasteiger partial charge in [0.25, 0.3) is 0 Å². The number of hydrogen-bond acceptors (Lipinski definition) is 3. The van der Waals surface area contributed by atoms with E-state index < -0.39 is 0 Å². The Bertz CT molecular complexity index is 510. The number of thiazole rings is 1. The molecule has 0 fully saturated rings. The van der Waals surface area contributed by atoms with Gasteiger partial charge < -0.3 is 5.32 Å². The van der Waals surface area contributed by atoms with Crippen molar-refractivity contribution < 1.29 is 0 Å². The van der Waals surface area contributed by atoms with Crippen LogP contribution in [0.4, 0.5) is 0 Å². The van der Waals surface area contributed by atoms with Crippen molar-refractivity contribution in [3.63, 3.8) is 0 Å². The molecule has 2 nitrogen and oxygen atoms in total. The van der Waals surface area contributed by atoms with Crippen LogP contribution in [0.25, 0.3) is 10.6 Å². The second-order valence-corrected chi connectivity index (χ2v) is 5.75. The van der Waals surface area contributed by atoms with Gasteiger partial charge in [-0.2, -0.15) is 0 Å². The van der Waals surface area contributed by atoms with E-state index in [0.717, 1.165) is 28.6 Å². The predicted octanol–water partition coefficient (Wildman–Crippen LogP) is 4.52. The van der Waals surface area contributed by atoms with Gasteiger partial charge in [0.2, 0.25) is 0 Å². The Hall–Kier alpha value is -0.900. The van der Waals surface area contributed by atoms with Crippen molar-refractivity contribution in [1.82, 2.24) is 10.3 Å². The molecule has 1 aromatic heterocycles. The van der Waals surface area contributed by atoms with Crippen LogP contribution in [-0.4, -0.2) is 11.5 Å². The molecular weight excluding hydrogens is 264 g/mol. The maximum absolute atomic E-state index is 6.00. The molecule has 4 heteroatoms. The third-order valence-corrected chi connectivity index (χ3v) is 4.19. The van der Waals surface area contributed by atoms with Gasteiger partial charge >= 0.3 is 0 Å². The maximum atomic E-state index is 6.00. The zero-order valence-corrected chi connectivity index (χ0v) is 12.2. The molecule has 18 heavy (non-hydrogen) atoms. The second-order valence-electron chi connectivity index (χ2n) is 4.25. The monoisotopic (exact) mass is 280 g/mol. The third kappa shape index (κ3) is 3.31. The lowest BCUT2D eigenvalue weighted by molar-refractivity contribution is 0.577. The molecule has 1 N–H and O–H groups in total. The van der Waals surface area contributed by atoms with Crippen molar-refractivity contribution in [1.29, 1.82) is 0 Å². The molecule has 1 unspecified atom stereocenters. The van der Waals surface area contributed by atoms with Gasteiger partial charge in [0.05, 0.1) is 0 Å². The van der Waals surface area contributed by atoms with Crippen molar-refractivity contribution >= 4 is 22.9 Å². The van der Waals surface area contributed by atoms with Crippen LogP contribution >= 0.6 is 22.9 Å². The first-order chi connectivity index (χ1) is 8.70. The van der Waals surface area contributed by atoms with E-state index in [-0.39, 0.29) is 0 Å². The van der Waals surface area contributed by atoms with Crippen LogP contribution in [0.3, 0.4) is 0 Å². The first-order valence-corrected chi connectivity index (χ1v) is 7.35. The van der Waals surface area contributed by atoms with Crippen LogP contribution in [-0.2, 0) is 0 Å². The molecule has 1 heterocycles. The molecule has 0 bridgehead atoms. The van der Waals surface area contributed by atoms with E-state index in [4.69, 9.17) is 11.6 Å². The lowest BCUT2D eigenvalue weighted by atomic mass is 10.2. The summed E-state index contributed by atoms with van der Waals surface area (Å²) >= 11 is 7.72. The zero-order valence-electron chi connectivity index (χ0n) is 10.6. The minimum Gasteiger partial charge on any atom is -0.309 e. The van der Waals surface area contributed by atoms with Crippen molar-refractivity contribution in [2.45, 2.75) is 26.3 Å². The van der Waals surface area contributed by atoms with E-state index in [2.05, 4.69) is 24.1 Å². The quantitative estimate of drug-likeness (QED) is 0.871. The normalized spacial score (nSPS) is 12.6. The molecule has 0 aliphatic rings. The molecule has 1 atom stereocenters. The topological polar surface area (TPSA) is 24.9 Å². The number of benzene rings is 1. The van der Waals surface area contributed by atoms with Crippen LogP contribution in [0.15, 0.2) is 30.5 Å². The fraction of sp³-hybridized carbons (Fsp3) is 0.357. The highest BCUT2D eigenvalue weighted by atomic mass is 35.5. The SMILES string of the molecule is CCCNC(C)c1cnc(-c2cccc(Cl)c2)s1. The van der Waals surface area contributed by atoms with Gasteiger partial charge in [-0.15, -0.1) is 11.3 Å². The summed E-state index contributed by atoms with van der Waals surface area (Å²) in [5, 5.41) is 5.25. The predicted molar refractivity (Wildman–Crippen MR) is 79.3 cm³/mol. The molecule has 0 amide bonds. The lowest BCUT2D eigenvalue weighted by Gasteiger charge is -2.09. The maximum Gasteiger partial charge on any atom is 0.123 e. The first kappa shape index (κ1) is 13.5. The summed E-state index contributed by atoms with van der Waals surface area (Å²) in [5.74, 6) is 0. The number of halogens is 1. The molecule has 2 aromatic rings. The highest BCUT2D eigenvalue weighted by molar-refractivity contribution is 7.15. The Labute approximate surface area is 117 Å². The molecule has 2 rings (SSSR count). The van der Waals surface area contributed by atoms with E-state index in [0.29, 0.717) is 6.04 Å². The molecular formula is C14H17ClN2S. The van der Waals surface area contributed by atoms with Gasteiger partial charge in [-0.05, 0) is 32.0 Å². The molecule has 96 valence electrons. The fourth-order valence-electron chi connectivity index (χ4n) is 1.70. The highest BCUT2D eigenvalue weighted by Crippen LogP contribution is 2.29. The van der Waals surface area contributed by atoms with Gasteiger partial charge in [0.1, 0.15) is 5.01 Å². The van der Waals surface area contributed by atoms with Crippen LogP contribution in [0.2, 0.25) is 5.02 Å². The summed E-state index contributed by atoms with van der Waals surface area (Å²) < 4.78 is 0. The average Bonchev–Trinajstić information content (AvgIpc) is 2.85. The number of nitrogens with one attached hydrogen (secondary N) is 1. The molecule has 0 aliphatic carbocycles. The van der Waals surface area contributed by atoms with E-state index >= 15 is 0 Å². The Kier molecular flexibility index (Phi) is 4.75. The molecule has 0 aliphatic heterocycles. The zero-order chi connectivity index (χ0) is 13.0. The summed E-state index contributed by atoms with van der Waals surface area (Å²) in [6.07, 6.45) is 3.10. The largest absolute Gasteiger partial charge is 0.309 e. The Morgan fingerprint density at radius 2 is 2.28 bits per heavy atom. The third-order valence-electron chi connectivity index (χ3n) is 2.72. The first-order valence-electron chi connectivity index (χ1n) is 6.15. The van der Waals surface area contributed by atoms with Crippen LogP contribution in [0.1, 0.15) is 31.2 Å². The smallest absolute Gasteiger partial charge is 0.123 e. The number of aromatic nitrogens is 1. The summed E-state index contributed by atoms with van der Waals surface area (Å²) in [5.41, 5.74) is 1.08. The standard InChI is InChI=1S/C14H17ClN2S/c1-3-7-16-10(2)13-9-17-14(18-13)11-5-4-6-12(15)8-11/h4-6,8-10,16H,3,7H2,1-2H3. The van der Waals surface area contributed by atoms with Crippen molar-refractivity contribution in [3.8, 4) is 10.6 Å². The van der Waals surface area contributed by atoms with Crippen molar-refractivity contribution in [3.05, 3.63) is 40.4 Å². The van der Waals surface area contributed by atoms with E-state index in [1.807, 2.05) is 30.5 Å². The number of rotatable bonds is 5. The van der Waals surface area contributed by atoms with Crippen LogP contribution < -0.4 is 5.32 Å². The van der Waals surface area contributed by atoms with Gasteiger partial charge in [0, 0.05) is 27.7 Å².